The van der Waals surface area contributed by atoms with Gasteiger partial charge in [0.1, 0.15) is 0 Å². The standard InChI is InChI=1S/C16H23N3O2/c1-5-8-17-10-13-11-19(2)18-16(13)12-6-7-14(20-3)15(9-12)21-4/h6-7,9,11,17H,5,8,10H2,1-4H3. The first-order chi connectivity index (χ1) is 10.2. The molecule has 1 aromatic heterocycles. The molecule has 0 unspecified atom stereocenters. The molecule has 0 aliphatic carbocycles. The third kappa shape index (κ3) is 3.55. The molecule has 0 atom stereocenters. The Morgan fingerprint density at radius 2 is 1.95 bits per heavy atom. The second-order valence-electron chi connectivity index (χ2n) is 4.92. The van der Waals surface area contributed by atoms with Crippen molar-refractivity contribution in [1.29, 1.82) is 0 Å². The predicted molar refractivity (Wildman–Crippen MR) is 83.7 cm³/mol. The molecule has 1 aromatic carbocycles. The van der Waals surface area contributed by atoms with E-state index in [9.17, 15) is 0 Å². The molecule has 114 valence electrons. The van der Waals surface area contributed by atoms with Gasteiger partial charge in [-0.2, -0.15) is 5.10 Å². The van der Waals surface area contributed by atoms with Crippen molar-refractivity contribution in [1.82, 2.24) is 15.1 Å². The van der Waals surface area contributed by atoms with E-state index >= 15 is 0 Å². The molecule has 0 bridgehead atoms. The van der Waals surface area contributed by atoms with Gasteiger partial charge in [-0.25, -0.2) is 0 Å². The summed E-state index contributed by atoms with van der Waals surface area (Å²) >= 11 is 0. The van der Waals surface area contributed by atoms with Crippen LogP contribution in [0.5, 0.6) is 11.5 Å². The molecule has 2 rings (SSSR count). The van der Waals surface area contributed by atoms with Gasteiger partial charge in [0.2, 0.25) is 0 Å². The summed E-state index contributed by atoms with van der Waals surface area (Å²) in [5.74, 6) is 1.44. The van der Waals surface area contributed by atoms with Crippen molar-refractivity contribution >= 4 is 0 Å². The number of methoxy groups -OCH3 is 2. The molecule has 0 fully saturated rings. The summed E-state index contributed by atoms with van der Waals surface area (Å²) < 4.78 is 12.5. The van der Waals surface area contributed by atoms with Crippen molar-refractivity contribution in [2.75, 3.05) is 20.8 Å². The van der Waals surface area contributed by atoms with E-state index in [0.717, 1.165) is 36.5 Å². The Hall–Kier alpha value is -2.01. The Morgan fingerprint density at radius 1 is 1.19 bits per heavy atom. The molecule has 0 aliphatic heterocycles. The van der Waals surface area contributed by atoms with Crippen LogP contribution in [0.4, 0.5) is 0 Å². The molecule has 5 nitrogen and oxygen atoms in total. The predicted octanol–water partition coefficient (Wildman–Crippen LogP) is 2.60. The van der Waals surface area contributed by atoms with Crippen LogP contribution < -0.4 is 14.8 Å². The van der Waals surface area contributed by atoms with Crippen molar-refractivity contribution in [3.8, 4) is 22.8 Å². The average Bonchev–Trinajstić information content (AvgIpc) is 2.87. The fourth-order valence-corrected chi connectivity index (χ4v) is 2.29. The summed E-state index contributed by atoms with van der Waals surface area (Å²) in [6.45, 7) is 3.97. The van der Waals surface area contributed by atoms with Crippen LogP contribution in [0, 0.1) is 0 Å². The van der Waals surface area contributed by atoms with E-state index in [2.05, 4.69) is 23.5 Å². The second kappa shape index (κ2) is 7.13. The smallest absolute Gasteiger partial charge is 0.161 e. The van der Waals surface area contributed by atoms with Gasteiger partial charge in [-0.1, -0.05) is 6.92 Å². The summed E-state index contributed by atoms with van der Waals surface area (Å²) in [4.78, 5) is 0. The molecule has 5 heteroatoms. The third-order valence-corrected chi connectivity index (χ3v) is 3.30. The van der Waals surface area contributed by atoms with Gasteiger partial charge in [-0.15, -0.1) is 0 Å². The first-order valence-electron chi connectivity index (χ1n) is 7.15. The van der Waals surface area contributed by atoms with E-state index in [-0.39, 0.29) is 0 Å². The monoisotopic (exact) mass is 289 g/mol. The fourth-order valence-electron chi connectivity index (χ4n) is 2.29. The van der Waals surface area contributed by atoms with Gasteiger partial charge in [0.05, 0.1) is 19.9 Å². The van der Waals surface area contributed by atoms with Crippen LogP contribution in [0.1, 0.15) is 18.9 Å². The second-order valence-corrected chi connectivity index (χ2v) is 4.92. The first-order valence-corrected chi connectivity index (χ1v) is 7.15. The number of nitrogens with one attached hydrogen (secondary N) is 1. The Kier molecular flexibility index (Phi) is 5.22. The number of hydrogen-bond acceptors (Lipinski definition) is 4. The molecule has 1 heterocycles. The van der Waals surface area contributed by atoms with Crippen molar-refractivity contribution < 1.29 is 9.47 Å². The van der Waals surface area contributed by atoms with E-state index in [1.54, 1.807) is 14.2 Å². The lowest BCUT2D eigenvalue weighted by molar-refractivity contribution is 0.355. The molecule has 0 radical (unpaired) electrons. The normalized spacial score (nSPS) is 10.7. The summed E-state index contributed by atoms with van der Waals surface area (Å²) in [6.07, 6.45) is 3.17. The molecule has 0 spiro atoms. The van der Waals surface area contributed by atoms with Gasteiger partial charge in [0.15, 0.2) is 11.5 Å². The maximum atomic E-state index is 5.37. The zero-order chi connectivity index (χ0) is 15.2. The van der Waals surface area contributed by atoms with Crippen LogP contribution in [-0.2, 0) is 13.6 Å². The topological polar surface area (TPSA) is 48.3 Å². The summed E-state index contributed by atoms with van der Waals surface area (Å²) in [5, 5.41) is 7.99. The van der Waals surface area contributed by atoms with Gasteiger partial charge in [0, 0.05) is 30.9 Å². The van der Waals surface area contributed by atoms with Crippen LogP contribution in [-0.4, -0.2) is 30.5 Å². The van der Waals surface area contributed by atoms with Crippen LogP contribution in [0.25, 0.3) is 11.3 Å². The SMILES string of the molecule is CCCNCc1cn(C)nc1-c1ccc(OC)c(OC)c1. The largest absolute Gasteiger partial charge is 0.493 e. The van der Waals surface area contributed by atoms with Gasteiger partial charge >= 0.3 is 0 Å². The first kappa shape index (κ1) is 15.4. The minimum absolute atomic E-state index is 0.716. The highest BCUT2D eigenvalue weighted by Crippen LogP contribution is 2.32. The Bertz CT molecular complexity index is 593. The molecular formula is C16H23N3O2. The lowest BCUT2D eigenvalue weighted by atomic mass is 10.1. The van der Waals surface area contributed by atoms with E-state index in [0.29, 0.717) is 5.75 Å². The zero-order valence-corrected chi connectivity index (χ0v) is 13.1. The minimum Gasteiger partial charge on any atom is -0.493 e. The molecule has 0 amide bonds. The van der Waals surface area contributed by atoms with E-state index in [1.807, 2.05) is 29.9 Å². The van der Waals surface area contributed by atoms with Crippen LogP contribution in [0.15, 0.2) is 24.4 Å². The Morgan fingerprint density at radius 3 is 2.62 bits per heavy atom. The molecule has 2 aromatic rings. The Labute approximate surface area is 125 Å². The number of nitrogens with zero attached hydrogens (tertiary/aromatic N) is 2. The maximum absolute atomic E-state index is 5.37. The number of ether oxygens (including phenoxy) is 2. The van der Waals surface area contributed by atoms with Gasteiger partial charge in [0.25, 0.3) is 0 Å². The molecule has 0 saturated heterocycles. The molecule has 0 saturated carbocycles. The number of aromatic nitrogens is 2. The molecule has 1 N–H and O–H groups in total. The van der Waals surface area contributed by atoms with Crippen molar-refractivity contribution in [2.45, 2.75) is 19.9 Å². The molecular weight excluding hydrogens is 266 g/mol. The lowest BCUT2D eigenvalue weighted by Gasteiger charge is -2.09. The van der Waals surface area contributed by atoms with Crippen LogP contribution >= 0.6 is 0 Å². The van der Waals surface area contributed by atoms with Gasteiger partial charge in [-0.3, -0.25) is 4.68 Å². The third-order valence-electron chi connectivity index (χ3n) is 3.30. The van der Waals surface area contributed by atoms with Crippen LogP contribution in [0.2, 0.25) is 0 Å². The highest BCUT2D eigenvalue weighted by Gasteiger charge is 2.13. The lowest BCUT2D eigenvalue weighted by Crippen LogP contribution is -2.13. The molecule has 21 heavy (non-hydrogen) atoms. The van der Waals surface area contributed by atoms with Crippen molar-refractivity contribution in [3.63, 3.8) is 0 Å². The maximum Gasteiger partial charge on any atom is 0.161 e. The van der Waals surface area contributed by atoms with E-state index in [1.165, 1.54) is 5.56 Å². The quantitative estimate of drug-likeness (QED) is 0.796. The summed E-state index contributed by atoms with van der Waals surface area (Å²) in [5.41, 5.74) is 3.18. The van der Waals surface area contributed by atoms with Crippen molar-refractivity contribution in [2.24, 2.45) is 7.05 Å². The highest BCUT2D eigenvalue weighted by molar-refractivity contribution is 5.66. The van der Waals surface area contributed by atoms with Crippen molar-refractivity contribution in [3.05, 3.63) is 30.0 Å². The highest BCUT2D eigenvalue weighted by atomic mass is 16.5. The summed E-state index contributed by atoms with van der Waals surface area (Å²) in [6, 6.07) is 5.88. The number of aryl methyl sites for hydroxylation is 1. The van der Waals surface area contributed by atoms with Crippen LogP contribution in [0.3, 0.4) is 0 Å². The fraction of sp³-hybridized carbons (Fsp3) is 0.438. The summed E-state index contributed by atoms with van der Waals surface area (Å²) in [7, 11) is 5.22. The molecule has 0 aliphatic rings. The number of benzene rings is 1. The zero-order valence-electron chi connectivity index (χ0n) is 13.1. The number of rotatable bonds is 7. The number of hydrogen-bond donors (Lipinski definition) is 1. The minimum atomic E-state index is 0.716. The van der Waals surface area contributed by atoms with Gasteiger partial charge < -0.3 is 14.8 Å². The Balaban J connectivity index is 2.32. The van der Waals surface area contributed by atoms with E-state index < -0.39 is 0 Å². The van der Waals surface area contributed by atoms with E-state index in [4.69, 9.17) is 9.47 Å². The average molecular weight is 289 g/mol. The van der Waals surface area contributed by atoms with Gasteiger partial charge in [-0.05, 0) is 31.2 Å².